The van der Waals surface area contributed by atoms with E-state index < -0.39 is 128 Å². The molecule has 4 rings (SSSR count). The van der Waals surface area contributed by atoms with Crippen LogP contribution in [0.2, 0.25) is 0 Å². The Morgan fingerprint density at radius 2 is 0.769 bits per heavy atom. The predicted octanol–water partition coefficient (Wildman–Crippen LogP) is 14.7. The van der Waals surface area contributed by atoms with Crippen molar-refractivity contribution < 1.29 is 84.2 Å². The molecule has 0 saturated carbocycles. The van der Waals surface area contributed by atoms with Crippen LogP contribution in [0.4, 0.5) is 75.9 Å². The predicted molar refractivity (Wildman–Crippen MR) is 210 cm³/mol. The first-order chi connectivity index (χ1) is 30.6. The summed E-state index contributed by atoms with van der Waals surface area (Å²) in [6, 6.07) is 1.02. The van der Waals surface area contributed by atoms with Crippen molar-refractivity contribution in [2.24, 2.45) is 0 Å². The van der Waals surface area contributed by atoms with Gasteiger partial charge in [-0.25, -0.2) is 43.9 Å². The van der Waals surface area contributed by atoms with Gasteiger partial charge in [0, 0.05) is 17.9 Å². The summed E-state index contributed by atoms with van der Waals surface area (Å²) in [5.41, 5.74) is -1.12. The number of nitrogens with zero attached hydrogens (tertiary/aromatic N) is 1. The molecule has 0 radical (unpaired) electrons. The first-order valence-electron chi connectivity index (χ1n) is 20.7. The fourth-order valence-electron chi connectivity index (χ4n) is 6.55. The van der Waals surface area contributed by atoms with Crippen LogP contribution in [0, 0.1) is 99.1 Å². The van der Waals surface area contributed by atoms with Crippen LogP contribution >= 0.6 is 0 Å². The molecule has 0 saturated heterocycles. The molecule has 0 heterocycles. The quantitative estimate of drug-likeness (QED) is 0.0133. The van der Waals surface area contributed by atoms with E-state index in [1.54, 1.807) is 0 Å². The molecule has 21 heteroatoms. The topological polar surface area (TPSA) is 27.7 Å². The van der Waals surface area contributed by atoms with Crippen LogP contribution in [0.5, 0.6) is 17.2 Å². The van der Waals surface area contributed by atoms with E-state index in [1.165, 1.54) is 77.9 Å². The fourth-order valence-corrected chi connectivity index (χ4v) is 6.55. The minimum absolute atomic E-state index is 0.0240. The fraction of sp³-hybridized carbons (Fsp3) is 0.455. The number of hydrogen-bond donors (Lipinski definition) is 0. The lowest BCUT2D eigenvalue weighted by molar-refractivity contribution is 0.255. The summed E-state index contributed by atoms with van der Waals surface area (Å²) in [4.78, 5) is 0. The zero-order chi connectivity index (χ0) is 48.6. The normalized spacial score (nSPS) is 11.4. The van der Waals surface area contributed by atoms with Crippen LogP contribution in [-0.4, -0.2) is 28.0 Å². The molecule has 4 aromatic rings. The van der Waals surface area contributed by atoms with Crippen molar-refractivity contribution in [3.63, 3.8) is 0 Å². The molecular formula is C44H46BF16NO3. The smallest absolute Gasteiger partial charge is 0.484 e. The molecule has 0 amide bonds. The molecule has 0 bridgehead atoms. The Morgan fingerprint density at radius 3 is 1.18 bits per heavy atom. The first-order valence-corrected chi connectivity index (χ1v) is 20.7. The highest BCUT2D eigenvalue weighted by Crippen LogP contribution is 2.39. The van der Waals surface area contributed by atoms with Crippen LogP contribution in [0.3, 0.4) is 0 Å². The van der Waals surface area contributed by atoms with Crippen molar-refractivity contribution >= 4 is 13.0 Å². The Bertz CT molecular complexity index is 2110. The first kappa shape index (κ1) is 54.5. The Hall–Kier alpha value is -4.82. The summed E-state index contributed by atoms with van der Waals surface area (Å²) in [6.45, 7) is 2.17. The average Bonchev–Trinajstić information content (AvgIpc) is 3.24. The second-order valence-electron chi connectivity index (χ2n) is 15.5. The molecule has 0 spiro atoms. The van der Waals surface area contributed by atoms with Gasteiger partial charge in [-0.2, -0.15) is 22.0 Å². The minimum atomic E-state index is -3.28. The van der Waals surface area contributed by atoms with E-state index in [2.05, 4.69) is 16.2 Å². The molecule has 0 aromatic heterocycles. The lowest BCUT2D eigenvalue weighted by Gasteiger charge is -2.30. The molecule has 0 unspecified atom stereocenters. The van der Waals surface area contributed by atoms with Gasteiger partial charge in [0.25, 0.3) is 0 Å². The van der Waals surface area contributed by atoms with Gasteiger partial charge < -0.3 is 14.0 Å². The van der Waals surface area contributed by atoms with E-state index in [9.17, 15) is 57.1 Å². The molecule has 65 heavy (non-hydrogen) atoms. The van der Waals surface area contributed by atoms with Gasteiger partial charge in [-0.3, -0.25) is 8.87 Å². The SMILES string of the molecule is CCCCCCCCCCCCCCCCCC[N+](C)(C)c1c(F)c(F)c(F)c(OB(Oc2c(F)cc(F)c(F)c2F)Oc2c(F)cc(F)c(F)c2F)c1F.Fc1[c-]c(F)c(F)c(F)c1. The van der Waals surface area contributed by atoms with Gasteiger partial charge in [0.2, 0.25) is 40.6 Å². The van der Waals surface area contributed by atoms with E-state index in [0.717, 1.165) is 32.1 Å². The molecule has 0 atom stereocenters. The van der Waals surface area contributed by atoms with Gasteiger partial charge in [-0.1, -0.05) is 103 Å². The summed E-state index contributed by atoms with van der Waals surface area (Å²) < 4.78 is 235. The highest BCUT2D eigenvalue weighted by atomic mass is 19.2. The Labute approximate surface area is 366 Å². The highest BCUT2D eigenvalue weighted by Gasteiger charge is 2.43. The third-order valence-corrected chi connectivity index (χ3v) is 10.0. The molecule has 4 nitrogen and oxygen atoms in total. The number of unbranched alkanes of at least 4 members (excludes halogenated alkanes) is 15. The van der Waals surface area contributed by atoms with E-state index >= 15 is 13.2 Å². The standard InChI is InChI=1S/C38H45BF12NO3.C6HF4/c1-4-5-6-7-8-9-10-11-12-13-14-15-16-17-18-19-20-52(2,3)35-30(47)29(46)33(50)38(34(35)51)55-39(53-36-25(42)21-23(40)27(44)31(36)48)54-37-26(43)22-24(41)28(45)32(37)49;7-3-1-4(8)6(10)5(9)2-3/h21-22H,4-20H2,1-3H3;1H/q+1;-1. The van der Waals surface area contributed by atoms with Crippen molar-refractivity contribution in [3.05, 3.63) is 117 Å². The lowest BCUT2D eigenvalue weighted by Crippen LogP contribution is -2.44. The number of halogens is 16. The van der Waals surface area contributed by atoms with Crippen molar-refractivity contribution in [1.82, 2.24) is 4.48 Å². The molecule has 0 N–H and O–H groups in total. The highest BCUT2D eigenvalue weighted by molar-refractivity contribution is 6.39. The second-order valence-corrected chi connectivity index (χ2v) is 15.5. The monoisotopic (exact) mass is 951 g/mol. The zero-order valence-corrected chi connectivity index (χ0v) is 35.5. The number of rotatable bonds is 24. The lowest BCUT2D eigenvalue weighted by atomic mass is 10.0. The van der Waals surface area contributed by atoms with Gasteiger partial charge >= 0.3 is 7.32 Å². The average molecular weight is 952 g/mol. The molecule has 360 valence electrons. The van der Waals surface area contributed by atoms with E-state index in [-0.39, 0.29) is 24.7 Å². The van der Waals surface area contributed by atoms with Crippen molar-refractivity contribution in [2.45, 2.75) is 110 Å². The maximum Gasteiger partial charge on any atom is 0.864 e. The van der Waals surface area contributed by atoms with E-state index in [0.29, 0.717) is 12.8 Å². The van der Waals surface area contributed by atoms with E-state index in [1.807, 2.05) is 0 Å². The summed E-state index contributed by atoms with van der Waals surface area (Å²) >= 11 is 0. The van der Waals surface area contributed by atoms with Gasteiger partial charge in [0.05, 0.1) is 38.1 Å². The molecule has 0 aliphatic rings. The maximum atomic E-state index is 16.0. The minimum Gasteiger partial charge on any atom is -0.484 e. The van der Waals surface area contributed by atoms with Crippen LogP contribution in [0.1, 0.15) is 110 Å². The molecule has 0 fully saturated rings. The summed E-state index contributed by atoms with van der Waals surface area (Å²) in [7, 11) is -0.785. The zero-order valence-electron chi connectivity index (χ0n) is 35.5. The Morgan fingerprint density at radius 1 is 0.400 bits per heavy atom. The summed E-state index contributed by atoms with van der Waals surface area (Å²) in [5.74, 6) is -38.5. The second kappa shape index (κ2) is 25.8. The van der Waals surface area contributed by atoms with Crippen LogP contribution < -0.4 is 18.4 Å². The number of hydrogen-bond acceptors (Lipinski definition) is 3. The van der Waals surface area contributed by atoms with Crippen LogP contribution in [-0.2, 0) is 0 Å². The van der Waals surface area contributed by atoms with Gasteiger partial charge in [0.15, 0.2) is 52.2 Å². The van der Waals surface area contributed by atoms with Crippen molar-refractivity contribution in [2.75, 3.05) is 20.6 Å². The van der Waals surface area contributed by atoms with Crippen molar-refractivity contribution in [3.8, 4) is 17.2 Å². The molecular weight excluding hydrogens is 905 g/mol. The summed E-state index contributed by atoms with van der Waals surface area (Å²) in [6.07, 6.45) is 17.2. The maximum absolute atomic E-state index is 16.0. The Balaban J connectivity index is 0.000000985. The third kappa shape index (κ3) is 15.4. The number of benzene rings is 4. The van der Waals surface area contributed by atoms with Gasteiger partial charge in [-0.05, 0) is 12.8 Å². The molecule has 4 aromatic carbocycles. The molecule has 0 aliphatic heterocycles. The van der Waals surface area contributed by atoms with E-state index in [4.69, 9.17) is 4.65 Å². The molecule has 0 aliphatic carbocycles. The summed E-state index contributed by atoms with van der Waals surface area (Å²) in [5, 5.41) is 0. The van der Waals surface area contributed by atoms with Crippen LogP contribution in [0.25, 0.3) is 0 Å². The third-order valence-electron chi connectivity index (χ3n) is 10.0. The van der Waals surface area contributed by atoms with Crippen LogP contribution in [0.15, 0.2) is 18.2 Å². The van der Waals surface area contributed by atoms with Gasteiger partial charge in [0.1, 0.15) is 0 Å². The number of quaternary nitrogens is 1. The Kier molecular flexibility index (Phi) is 21.6. The van der Waals surface area contributed by atoms with Gasteiger partial charge in [-0.15, -0.1) is 6.07 Å². The van der Waals surface area contributed by atoms with Crippen molar-refractivity contribution in [1.29, 1.82) is 0 Å². The largest absolute Gasteiger partial charge is 0.864 e.